The molecule has 0 atom stereocenters. The zero-order valence-corrected chi connectivity index (χ0v) is 13.9. The van der Waals surface area contributed by atoms with E-state index in [2.05, 4.69) is 20.9 Å². The van der Waals surface area contributed by atoms with Crippen LogP contribution in [0.2, 0.25) is 0 Å². The molecule has 2 aromatic heterocycles. The Morgan fingerprint density at radius 1 is 1.28 bits per heavy atom. The van der Waals surface area contributed by atoms with Crippen molar-refractivity contribution in [2.24, 2.45) is 0 Å². The van der Waals surface area contributed by atoms with Crippen molar-refractivity contribution in [1.82, 2.24) is 20.3 Å². The molecule has 0 aliphatic carbocycles. The van der Waals surface area contributed by atoms with Gasteiger partial charge in [-0.1, -0.05) is 23.4 Å². The van der Waals surface area contributed by atoms with Gasteiger partial charge in [-0.3, -0.25) is 5.32 Å². The van der Waals surface area contributed by atoms with E-state index in [-0.39, 0.29) is 12.4 Å². The van der Waals surface area contributed by atoms with E-state index in [9.17, 15) is 9.18 Å². The Labute approximate surface area is 143 Å². The Kier molecular flexibility index (Phi) is 4.78. The van der Waals surface area contributed by atoms with Crippen LogP contribution in [0.4, 0.5) is 15.0 Å². The Morgan fingerprint density at radius 2 is 2.08 bits per heavy atom. The minimum atomic E-state index is -0.393. The molecule has 0 saturated heterocycles. The predicted molar refractivity (Wildman–Crippen MR) is 89.6 cm³/mol. The van der Waals surface area contributed by atoms with Crippen molar-refractivity contribution in [2.75, 3.05) is 5.32 Å². The number of carbonyl (C=O) groups excluding carboxylic acids is 1. The molecule has 0 spiro atoms. The highest BCUT2D eigenvalue weighted by Gasteiger charge is 2.12. The number of hydrogen-bond donors (Lipinski definition) is 2. The molecular formula is C17H18FN5O2. The lowest BCUT2D eigenvalue weighted by molar-refractivity contribution is 0.251. The Hall–Kier alpha value is -3.16. The molecule has 0 radical (unpaired) electrons. The third-order valence-electron chi connectivity index (χ3n) is 3.84. The first-order valence-corrected chi connectivity index (χ1v) is 7.76. The summed E-state index contributed by atoms with van der Waals surface area (Å²) in [4.78, 5) is 12.1. The van der Waals surface area contributed by atoms with Crippen molar-refractivity contribution < 1.29 is 13.7 Å². The maximum absolute atomic E-state index is 13.8. The van der Waals surface area contributed by atoms with Crippen molar-refractivity contribution in [3.05, 3.63) is 64.9 Å². The van der Waals surface area contributed by atoms with E-state index in [1.54, 1.807) is 37.4 Å². The van der Waals surface area contributed by atoms with Crippen LogP contribution < -0.4 is 10.6 Å². The first-order valence-electron chi connectivity index (χ1n) is 7.76. The molecule has 2 heterocycles. The number of anilines is 1. The van der Waals surface area contributed by atoms with Crippen LogP contribution in [0.15, 0.2) is 41.1 Å². The highest BCUT2D eigenvalue weighted by atomic mass is 19.1. The maximum Gasteiger partial charge on any atom is 0.320 e. The van der Waals surface area contributed by atoms with Gasteiger partial charge in [-0.05, 0) is 19.9 Å². The number of benzene rings is 1. The van der Waals surface area contributed by atoms with Crippen molar-refractivity contribution in [3.8, 4) is 0 Å². The number of aryl methyl sites for hydroxylation is 2. The summed E-state index contributed by atoms with van der Waals surface area (Å²) in [5, 5.41) is 13.4. The summed E-state index contributed by atoms with van der Waals surface area (Å²) in [6.45, 7) is 4.13. The SMILES string of the molecule is Cc1noc(C)c1CNC(=O)Nc1ccnn1Cc1ccccc1F. The molecular weight excluding hydrogens is 325 g/mol. The van der Waals surface area contributed by atoms with Crippen LogP contribution >= 0.6 is 0 Å². The van der Waals surface area contributed by atoms with Crippen LogP contribution in [0, 0.1) is 19.7 Å². The minimum absolute atomic E-state index is 0.221. The van der Waals surface area contributed by atoms with Crippen molar-refractivity contribution in [3.63, 3.8) is 0 Å². The lowest BCUT2D eigenvalue weighted by Crippen LogP contribution is -2.29. The zero-order chi connectivity index (χ0) is 17.8. The zero-order valence-electron chi connectivity index (χ0n) is 13.9. The van der Waals surface area contributed by atoms with E-state index in [4.69, 9.17) is 4.52 Å². The number of hydrogen-bond acceptors (Lipinski definition) is 4. The molecule has 8 heteroatoms. The molecule has 25 heavy (non-hydrogen) atoms. The van der Waals surface area contributed by atoms with Gasteiger partial charge in [0.05, 0.1) is 18.4 Å². The summed E-state index contributed by atoms with van der Waals surface area (Å²) < 4.78 is 20.4. The van der Waals surface area contributed by atoms with Crippen LogP contribution in [-0.4, -0.2) is 21.0 Å². The van der Waals surface area contributed by atoms with E-state index in [1.165, 1.54) is 10.7 Å². The summed E-state index contributed by atoms with van der Waals surface area (Å²) >= 11 is 0. The van der Waals surface area contributed by atoms with Gasteiger partial charge in [0.15, 0.2) is 0 Å². The monoisotopic (exact) mass is 343 g/mol. The second kappa shape index (κ2) is 7.16. The van der Waals surface area contributed by atoms with Crippen LogP contribution in [0.1, 0.15) is 22.6 Å². The fourth-order valence-corrected chi connectivity index (χ4v) is 2.44. The summed E-state index contributed by atoms with van der Waals surface area (Å²) in [7, 11) is 0. The highest BCUT2D eigenvalue weighted by molar-refractivity contribution is 5.88. The summed E-state index contributed by atoms with van der Waals surface area (Å²) in [5.74, 6) is 0.828. The van der Waals surface area contributed by atoms with Gasteiger partial charge in [0.1, 0.15) is 17.4 Å². The fraction of sp³-hybridized carbons (Fsp3) is 0.235. The van der Waals surface area contributed by atoms with Gasteiger partial charge in [-0.15, -0.1) is 0 Å². The van der Waals surface area contributed by atoms with E-state index < -0.39 is 6.03 Å². The standard InChI is InChI=1S/C17H18FN5O2/c1-11-14(12(2)25-22-11)9-19-17(24)21-16-7-8-20-23(16)10-13-5-3-4-6-15(13)18/h3-8H,9-10H2,1-2H3,(H2,19,21,24). The summed E-state index contributed by atoms with van der Waals surface area (Å²) in [6.07, 6.45) is 1.55. The molecule has 0 aliphatic heterocycles. The number of nitrogens with zero attached hydrogens (tertiary/aromatic N) is 3. The fourth-order valence-electron chi connectivity index (χ4n) is 2.44. The summed E-state index contributed by atoms with van der Waals surface area (Å²) in [6, 6.07) is 7.71. The normalized spacial score (nSPS) is 10.7. The molecule has 3 rings (SSSR count). The smallest absolute Gasteiger partial charge is 0.320 e. The number of rotatable bonds is 5. The van der Waals surface area contributed by atoms with Crippen LogP contribution in [-0.2, 0) is 13.1 Å². The van der Waals surface area contributed by atoms with Crippen molar-refractivity contribution in [2.45, 2.75) is 26.9 Å². The van der Waals surface area contributed by atoms with Gasteiger partial charge >= 0.3 is 6.03 Å². The first kappa shape index (κ1) is 16.7. The molecule has 2 amide bonds. The molecule has 0 bridgehead atoms. The molecule has 1 aromatic carbocycles. The van der Waals surface area contributed by atoms with Gasteiger partial charge in [0.25, 0.3) is 0 Å². The molecule has 7 nitrogen and oxygen atoms in total. The van der Waals surface area contributed by atoms with E-state index >= 15 is 0 Å². The van der Waals surface area contributed by atoms with Gasteiger partial charge in [-0.2, -0.15) is 5.10 Å². The van der Waals surface area contributed by atoms with Crippen molar-refractivity contribution in [1.29, 1.82) is 0 Å². The van der Waals surface area contributed by atoms with Gasteiger partial charge in [0.2, 0.25) is 0 Å². The number of amides is 2. The average Bonchev–Trinajstić information content (AvgIpc) is 3.15. The van der Waals surface area contributed by atoms with Gasteiger partial charge in [-0.25, -0.2) is 13.9 Å². The Bertz CT molecular complexity index is 867. The largest absolute Gasteiger partial charge is 0.361 e. The van der Waals surface area contributed by atoms with E-state index in [0.29, 0.717) is 23.7 Å². The number of nitrogens with one attached hydrogen (secondary N) is 2. The van der Waals surface area contributed by atoms with Crippen molar-refractivity contribution >= 4 is 11.8 Å². The van der Waals surface area contributed by atoms with E-state index in [0.717, 1.165) is 11.3 Å². The van der Waals surface area contributed by atoms with Gasteiger partial charge in [0, 0.05) is 23.7 Å². The molecule has 0 saturated carbocycles. The number of halogens is 1. The third-order valence-corrected chi connectivity index (χ3v) is 3.84. The summed E-state index contributed by atoms with van der Waals surface area (Å²) in [5.41, 5.74) is 2.07. The number of aromatic nitrogens is 3. The lowest BCUT2D eigenvalue weighted by Gasteiger charge is -2.10. The average molecular weight is 343 g/mol. The molecule has 3 aromatic rings. The highest BCUT2D eigenvalue weighted by Crippen LogP contribution is 2.14. The maximum atomic E-state index is 13.8. The molecule has 130 valence electrons. The Morgan fingerprint density at radius 3 is 2.80 bits per heavy atom. The van der Waals surface area contributed by atoms with Crippen LogP contribution in [0.25, 0.3) is 0 Å². The molecule has 2 N–H and O–H groups in total. The predicted octanol–water partition coefficient (Wildman–Crippen LogP) is 3.00. The molecule has 0 aliphatic rings. The quantitative estimate of drug-likeness (QED) is 0.746. The number of urea groups is 1. The Balaban J connectivity index is 1.63. The van der Waals surface area contributed by atoms with Crippen LogP contribution in [0.5, 0.6) is 0 Å². The molecule has 0 fully saturated rings. The second-order valence-corrected chi connectivity index (χ2v) is 5.58. The van der Waals surface area contributed by atoms with Gasteiger partial charge < -0.3 is 9.84 Å². The third kappa shape index (κ3) is 3.85. The lowest BCUT2D eigenvalue weighted by atomic mass is 10.2. The molecule has 0 unspecified atom stereocenters. The first-order chi connectivity index (χ1) is 12.0. The second-order valence-electron chi connectivity index (χ2n) is 5.58. The number of carbonyl (C=O) groups is 1. The van der Waals surface area contributed by atoms with E-state index in [1.807, 2.05) is 6.92 Å². The topological polar surface area (TPSA) is 85.0 Å². The van der Waals surface area contributed by atoms with Crippen LogP contribution in [0.3, 0.4) is 0 Å². The minimum Gasteiger partial charge on any atom is -0.361 e.